The predicted molar refractivity (Wildman–Crippen MR) is 60.2 cm³/mol. The van der Waals surface area contributed by atoms with Gasteiger partial charge in [0.1, 0.15) is 0 Å². The molecule has 2 nitrogen and oxygen atoms in total. The lowest BCUT2D eigenvalue weighted by atomic mass is 10.2. The van der Waals surface area contributed by atoms with E-state index >= 15 is 0 Å². The Balaban J connectivity index is 3.19. The van der Waals surface area contributed by atoms with Gasteiger partial charge in [-0.05, 0) is 36.0 Å². The second-order valence-electron chi connectivity index (χ2n) is 2.73. The molecule has 0 aliphatic rings. The molecule has 0 aromatic heterocycles. The van der Waals surface area contributed by atoms with E-state index in [0.717, 1.165) is 5.69 Å². The second kappa shape index (κ2) is 4.49. The molecular weight excluding hydrogens is 221 g/mol. The van der Waals surface area contributed by atoms with Crippen molar-refractivity contribution in [3.05, 3.63) is 41.6 Å². The molecule has 74 valence electrons. The van der Waals surface area contributed by atoms with E-state index < -0.39 is 5.24 Å². The van der Waals surface area contributed by atoms with Crippen molar-refractivity contribution in [1.82, 2.24) is 0 Å². The number of halogens is 2. The topological polar surface area (TPSA) is 20.3 Å². The van der Waals surface area contributed by atoms with Crippen LogP contribution in [-0.2, 0) is 0 Å². The zero-order valence-corrected chi connectivity index (χ0v) is 9.14. The van der Waals surface area contributed by atoms with E-state index in [2.05, 4.69) is 6.58 Å². The number of benzene rings is 1. The van der Waals surface area contributed by atoms with Crippen molar-refractivity contribution < 1.29 is 4.79 Å². The maximum Gasteiger partial charge on any atom is 0.253 e. The highest BCUT2D eigenvalue weighted by atomic mass is 35.5. The van der Waals surface area contributed by atoms with Crippen molar-refractivity contribution >= 4 is 34.1 Å². The smallest absolute Gasteiger partial charge is 0.253 e. The third-order valence-corrected chi connectivity index (χ3v) is 2.38. The molecule has 14 heavy (non-hydrogen) atoms. The fourth-order valence-electron chi connectivity index (χ4n) is 0.989. The van der Waals surface area contributed by atoms with Gasteiger partial charge in [-0.25, -0.2) is 0 Å². The molecule has 0 aliphatic heterocycles. The van der Waals surface area contributed by atoms with Crippen LogP contribution in [0.1, 0.15) is 10.4 Å². The minimum Gasteiger partial charge on any atom is -0.352 e. The quantitative estimate of drug-likeness (QED) is 0.742. The van der Waals surface area contributed by atoms with Gasteiger partial charge in [-0.3, -0.25) is 4.79 Å². The summed E-state index contributed by atoms with van der Waals surface area (Å²) in [6.07, 6.45) is 1.63. The van der Waals surface area contributed by atoms with Gasteiger partial charge in [-0.1, -0.05) is 18.2 Å². The average Bonchev–Trinajstić information content (AvgIpc) is 2.17. The fraction of sp³-hybridized carbons (Fsp3) is 0.100. The summed E-state index contributed by atoms with van der Waals surface area (Å²) >= 11 is 11.2. The molecule has 0 saturated carbocycles. The Kier molecular flexibility index (Phi) is 3.55. The zero-order valence-electron chi connectivity index (χ0n) is 7.63. The van der Waals surface area contributed by atoms with Crippen molar-refractivity contribution in [3.63, 3.8) is 0 Å². The molecule has 0 heterocycles. The molecule has 0 fully saturated rings. The summed E-state index contributed by atoms with van der Waals surface area (Å²) in [4.78, 5) is 12.7. The predicted octanol–water partition coefficient (Wildman–Crippen LogP) is 3.30. The number of carbonyl (C=O) groups excluding carboxylic acids is 1. The van der Waals surface area contributed by atoms with E-state index in [1.54, 1.807) is 29.3 Å². The van der Waals surface area contributed by atoms with Gasteiger partial charge in [0.05, 0.1) is 10.6 Å². The third-order valence-electron chi connectivity index (χ3n) is 1.84. The Hall–Kier alpha value is -0.990. The van der Waals surface area contributed by atoms with Crippen LogP contribution in [-0.4, -0.2) is 12.3 Å². The van der Waals surface area contributed by atoms with E-state index in [-0.39, 0.29) is 0 Å². The summed E-state index contributed by atoms with van der Waals surface area (Å²) in [5, 5.41) is -0.208. The second-order valence-corrected chi connectivity index (χ2v) is 3.48. The number of hydrogen-bond donors (Lipinski definition) is 0. The third kappa shape index (κ3) is 2.28. The molecule has 1 aromatic rings. The highest BCUT2D eigenvalue weighted by Crippen LogP contribution is 2.24. The number of hydrogen-bond acceptors (Lipinski definition) is 2. The largest absolute Gasteiger partial charge is 0.352 e. The molecule has 0 spiro atoms. The van der Waals surface area contributed by atoms with Crippen LogP contribution in [0.3, 0.4) is 0 Å². The van der Waals surface area contributed by atoms with Crippen LogP contribution in [0, 0.1) is 0 Å². The molecule has 0 radical (unpaired) electrons. The van der Waals surface area contributed by atoms with E-state index in [1.165, 1.54) is 0 Å². The van der Waals surface area contributed by atoms with E-state index in [1.807, 2.05) is 7.05 Å². The highest BCUT2D eigenvalue weighted by Gasteiger charge is 2.09. The number of nitrogens with zero attached hydrogens (tertiary/aromatic N) is 1. The van der Waals surface area contributed by atoms with Gasteiger partial charge < -0.3 is 4.90 Å². The molecule has 0 amide bonds. The van der Waals surface area contributed by atoms with E-state index in [4.69, 9.17) is 23.2 Å². The lowest BCUT2D eigenvalue weighted by Crippen LogP contribution is -2.07. The normalized spacial score (nSPS) is 9.64. The number of anilines is 1. The summed E-state index contributed by atoms with van der Waals surface area (Å²) in [5.41, 5.74) is 1.12. The standard InChI is InChI=1S/C10H9Cl2NO/c1-3-13(2)7-4-5-9(11)8(6-7)10(12)14/h3-6H,1H2,2H3. The average molecular weight is 230 g/mol. The zero-order chi connectivity index (χ0) is 10.7. The Morgan fingerprint density at radius 3 is 2.71 bits per heavy atom. The van der Waals surface area contributed by atoms with Gasteiger partial charge in [0.15, 0.2) is 0 Å². The minimum atomic E-state index is -0.561. The first-order chi connectivity index (χ1) is 6.56. The van der Waals surface area contributed by atoms with E-state index in [9.17, 15) is 4.79 Å². The molecule has 1 aromatic carbocycles. The molecule has 4 heteroatoms. The van der Waals surface area contributed by atoms with Crippen molar-refractivity contribution in [2.24, 2.45) is 0 Å². The first kappa shape index (κ1) is 11.1. The van der Waals surface area contributed by atoms with Gasteiger partial charge >= 0.3 is 0 Å². The molecule has 1 rings (SSSR count). The summed E-state index contributed by atoms with van der Waals surface area (Å²) < 4.78 is 0. The first-order valence-electron chi connectivity index (χ1n) is 3.91. The van der Waals surface area contributed by atoms with Crippen LogP contribution >= 0.6 is 23.2 Å². The highest BCUT2D eigenvalue weighted by molar-refractivity contribution is 6.68. The Morgan fingerprint density at radius 2 is 2.21 bits per heavy atom. The Morgan fingerprint density at radius 1 is 1.57 bits per heavy atom. The van der Waals surface area contributed by atoms with Crippen LogP contribution in [0.25, 0.3) is 0 Å². The summed E-state index contributed by atoms with van der Waals surface area (Å²) in [6, 6.07) is 5.04. The van der Waals surface area contributed by atoms with E-state index in [0.29, 0.717) is 10.6 Å². The first-order valence-corrected chi connectivity index (χ1v) is 4.66. The molecular formula is C10H9Cl2NO. The SMILES string of the molecule is C=CN(C)c1ccc(Cl)c(C(=O)Cl)c1. The summed E-state index contributed by atoms with van der Waals surface area (Å²) in [6.45, 7) is 3.61. The monoisotopic (exact) mass is 229 g/mol. The molecule has 0 atom stereocenters. The number of carbonyl (C=O) groups is 1. The molecule has 0 saturated heterocycles. The van der Waals surface area contributed by atoms with Crippen LogP contribution in [0.4, 0.5) is 5.69 Å². The summed E-state index contributed by atoms with van der Waals surface area (Å²) in [5.74, 6) is 0. The molecule has 0 aliphatic carbocycles. The van der Waals surface area contributed by atoms with Gasteiger partial charge in [0.2, 0.25) is 0 Å². The van der Waals surface area contributed by atoms with Gasteiger partial charge in [-0.15, -0.1) is 0 Å². The summed E-state index contributed by atoms with van der Waals surface area (Å²) in [7, 11) is 1.82. The van der Waals surface area contributed by atoms with Crippen LogP contribution in [0.5, 0.6) is 0 Å². The molecule has 0 unspecified atom stereocenters. The van der Waals surface area contributed by atoms with Crippen LogP contribution in [0.2, 0.25) is 5.02 Å². The Labute approximate surface area is 92.7 Å². The van der Waals surface area contributed by atoms with Crippen molar-refractivity contribution in [3.8, 4) is 0 Å². The van der Waals surface area contributed by atoms with Gasteiger partial charge in [0, 0.05) is 12.7 Å². The maximum absolute atomic E-state index is 11.0. The number of rotatable bonds is 3. The van der Waals surface area contributed by atoms with Crippen LogP contribution < -0.4 is 4.90 Å². The van der Waals surface area contributed by atoms with Crippen LogP contribution in [0.15, 0.2) is 31.0 Å². The maximum atomic E-state index is 11.0. The van der Waals surface area contributed by atoms with Crippen molar-refractivity contribution in [2.45, 2.75) is 0 Å². The Bertz CT molecular complexity index is 376. The molecule has 0 bridgehead atoms. The lowest BCUT2D eigenvalue weighted by molar-refractivity contribution is 0.108. The fourth-order valence-corrected chi connectivity index (χ4v) is 1.40. The van der Waals surface area contributed by atoms with Crippen molar-refractivity contribution in [1.29, 1.82) is 0 Å². The van der Waals surface area contributed by atoms with Crippen molar-refractivity contribution in [2.75, 3.05) is 11.9 Å². The van der Waals surface area contributed by atoms with Gasteiger partial charge in [-0.2, -0.15) is 0 Å². The minimum absolute atomic E-state index is 0.305. The molecule has 0 N–H and O–H groups in total. The lowest BCUT2D eigenvalue weighted by Gasteiger charge is -2.14. The van der Waals surface area contributed by atoms with Gasteiger partial charge in [0.25, 0.3) is 5.24 Å².